The molecule has 0 radical (unpaired) electrons. The van der Waals surface area contributed by atoms with Gasteiger partial charge in [-0.25, -0.2) is 0 Å². The highest BCUT2D eigenvalue weighted by atomic mass is 16.6. The summed E-state index contributed by atoms with van der Waals surface area (Å²) in [5.74, 6) is 0. The lowest BCUT2D eigenvalue weighted by Gasteiger charge is -2.36. The Morgan fingerprint density at radius 2 is 1.57 bits per heavy atom. The number of hydrogen-bond donors (Lipinski definition) is 0. The molecule has 0 spiro atoms. The molecule has 0 aliphatic carbocycles. The molecule has 0 aromatic heterocycles. The molecular weight excluding hydrogens is 264 g/mol. The monoisotopic (exact) mass is 288 g/mol. The minimum absolute atomic E-state index is 0.0742. The van der Waals surface area contributed by atoms with Crippen molar-refractivity contribution in [3.63, 3.8) is 0 Å². The minimum atomic E-state index is -0.395. The van der Waals surface area contributed by atoms with Crippen LogP contribution < -0.4 is 0 Å². The predicted molar refractivity (Wildman–Crippen MR) is 82.1 cm³/mol. The van der Waals surface area contributed by atoms with E-state index in [-0.39, 0.29) is 17.8 Å². The standard InChI is InChI=1S/C18H24O3/c1-12-13(2)18(4)16(15(19-5)17(12,3)21-18)20-11-14-9-7-6-8-10-14/h6-10,15-16H,11H2,1-5H3/t15-,16+,17+,18-/m1/s1. The Bertz CT molecular complexity index is 565. The Hall–Kier alpha value is -1.16. The normalized spacial score (nSPS) is 38.3. The van der Waals surface area contributed by atoms with Gasteiger partial charge in [0.05, 0.1) is 6.61 Å². The van der Waals surface area contributed by atoms with Crippen LogP contribution in [0.1, 0.15) is 33.3 Å². The van der Waals surface area contributed by atoms with E-state index in [0.29, 0.717) is 6.61 Å². The van der Waals surface area contributed by atoms with Crippen molar-refractivity contribution in [3.8, 4) is 0 Å². The third-order valence-electron chi connectivity index (χ3n) is 5.36. The molecule has 3 heteroatoms. The molecule has 1 aromatic rings. The molecule has 0 saturated carbocycles. The molecule has 0 unspecified atom stereocenters. The van der Waals surface area contributed by atoms with Crippen LogP contribution in [0.3, 0.4) is 0 Å². The van der Waals surface area contributed by atoms with Crippen LogP contribution in [-0.2, 0) is 20.8 Å². The van der Waals surface area contributed by atoms with Gasteiger partial charge in [-0.1, -0.05) is 30.3 Å². The van der Waals surface area contributed by atoms with Crippen molar-refractivity contribution in [1.82, 2.24) is 0 Å². The number of fused-ring (bicyclic) bond motifs is 2. The molecule has 2 bridgehead atoms. The average molecular weight is 288 g/mol. The molecule has 114 valence electrons. The van der Waals surface area contributed by atoms with Crippen LogP contribution in [0, 0.1) is 0 Å². The van der Waals surface area contributed by atoms with Gasteiger partial charge in [0.2, 0.25) is 0 Å². The lowest BCUT2D eigenvalue weighted by Crippen LogP contribution is -2.50. The summed E-state index contributed by atoms with van der Waals surface area (Å²) in [4.78, 5) is 0. The zero-order valence-electron chi connectivity index (χ0n) is 13.5. The maximum atomic E-state index is 6.35. The largest absolute Gasteiger partial charge is 0.375 e. The molecule has 2 heterocycles. The highest BCUT2D eigenvalue weighted by Crippen LogP contribution is 2.55. The molecule has 1 aromatic carbocycles. The van der Waals surface area contributed by atoms with Crippen molar-refractivity contribution >= 4 is 0 Å². The molecule has 1 saturated heterocycles. The second-order valence-electron chi connectivity index (χ2n) is 6.44. The molecule has 2 aliphatic rings. The topological polar surface area (TPSA) is 27.7 Å². The van der Waals surface area contributed by atoms with Gasteiger partial charge >= 0.3 is 0 Å². The number of rotatable bonds is 4. The molecule has 3 rings (SSSR count). The first-order valence-electron chi connectivity index (χ1n) is 7.50. The molecule has 0 N–H and O–H groups in total. The lowest BCUT2D eigenvalue weighted by molar-refractivity contribution is -0.0820. The van der Waals surface area contributed by atoms with Crippen molar-refractivity contribution in [3.05, 3.63) is 47.0 Å². The summed E-state index contributed by atoms with van der Waals surface area (Å²) in [7, 11) is 1.74. The lowest BCUT2D eigenvalue weighted by atomic mass is 9.75. The third kappa shape index (κ3) is 1.99. The fraction of sp³-hybridized carbons (Fsp3) is 0.556. The maximum absolute atomic E-state index is 6.35. The number of hydrogen-bond acceptors (Lipinski definition) is 3. The van der Waals surface area contributed by atoms with Crippen molar-refractivity contribution in [2.45, 2.75) is 57.7 Å². The van der Waals surface area contributed by atoms with Crippen LogP contribution >= 0.6 is 0 Å². The van der Waals surface area contributed by atoms with Crippen molar-refractivity contribution in [1.29, 1.82) is 0 Å². The summed E-state index contributed by atoms with van der Waals surface area (Å²) in [6, 6.07) is 10.2. The van der Waals surface area contributed by atoms with Crippen LogP contribution in [0.15, 0.2) is 41.5 Å². The molecule has 3 nitrogen and oxygen atoms in total. The quantitative estimate of drug-likeness (QED) is 0.794. The molecule has 1 fully saturated rings. The van der Waals surface area contributed by atoms with Gasteiger partial charge in [-0.3, -0.25) is 0 Å². The summed E-state index contributed by atoms with van der Waals surface area (Å²) in [5.41, 5.74) is 2.94. The van der Waals surface area contributed by atoms with Crippen LogP contribution in [0.2, 0.25) is 0 Å². The van der Waals surface area contributed by atoms with Gasteiger partial charge in [0, 0.05) is 7.11 Å². The van der Waals surface area contributed by atoms with E-state index < -0.39 is 5.60 Å². The molecule has 0 amide bonds. The third-order valence-corrected chi connectivity index (χ3v) is 5.36. The summed E-state index contributed by atoms with van der Waals surface area (Å²) >= 11 is 0. The SMILES string of the molecule is CO[C@@H]1[C@H](OCc2ccccc2)[C@]2(C)O[C@@]1(C)C(C)=C2C. The van der Waals surface area contributed by atoms with Gasteiger partial charge in [-0.05, 0) is 44.4 Å². The first kappa shape index (κ1) is 14.8. The summed E-state index contributed by atoms with van der Waals surface area (Å²) in [6.07, 6.45) is -0.161. The van der Waals surface area contributed by atoms with E-state index in [1.165, 1.54) is 16.7 Å². The van der Waals surface area contributed by atoms with Gasteiger partial charge in [-0.15, -0.1) is 0 Å². The summed E-state index contributed by atoms with van der Waals surface area (Å²) in [5, 5.41) is 0. The van der Waals surface area contributed by atoms with Crippen LogP contribution in [-0.4, -0.2) is 30.5 Å². The molecule has 21 heavy (non-hydrogen) atoms. The van der Waals surface area contributed by atoms with Gasteiger partial charge in [0.1, 0.15) is 23.4 Å². The first-order valence-corrected chi connectivity index (χ1v) is 7.50. The smallest absolute Gasteiger partial charge is 0.120 e. The van der Waals surface area contributed by atoms with Crippen LogP contribution in [0.5, 0.6) is 0 Å². The van der Waals surface area contributed by atoms with Gasteiger partial charge in [0.25, 0.3) is 0 Å². The fourth-order valence-corrected chi connectivity index (χ4v) is 3.81. The van der Waals surface area contributed by atoms with E-state index in [1.54, 1.807) is 7.11 Å². The Morgan fingerprint density at radius 1 is 1.00 bits per heavy atom. The van der Waals surface area contributed by atoms with Crippen molar-refractivity contribution in [2.75, 3.05) is 7.11 Å². The predicted octanol–water partition coefficient (Wildman–Crippen LogP) is 3.48. The van der Waals surface area contributed by atoms with E-state index in [4.69, 9.17) is 14.2 Å². The molecular formula is C18H24O3. The molecule has 2 aliphatic heterocycles. The van der Waals surface area contributed by atoms with Gasteiger partial charge in [-0.2, -0.15) is 0 Å². The number of benzene rings is 1. The Balaban J connectivity index is 1.85. The summed E-state index contributed by atoms with van der Waals surface area (Å²) in [6.45, 7) is 9.08. The first-order chi connectivity index (χ1) is 9.93. The molecule has 4 atom stereocenters. The van der Waals surface area contributed by atoms with E-state index >= 15 is 0 Å². The van der Waals surface area contributed by atoms with Crippen LogP contribution in [0.25, 0.3) is 0 Å². The Kier molecular flexibility index (Phi) is 3.47. The Morgan fingerprint density at radius 3 is 2.14 bits per heavy atom. The zero-order valence-corrected chi connectivity index (χ0v) is 13.5. The summed E-state index contributed by atoms with van der Waals surface area (Å²) < 4.78 is 18.3. The van der Waals surface area contributed by atoms with E-state index in [2.05, 4.69) is 39.8 Å². The maximum Gasteiger partial charge on any atom is 0.120 e. The number of methoxy groups -OCH3 is 1. The Labute approximate surface area is 126 Å². The van der Waals surface area contributed by atoms with Crippen molar-refractivity contribution in [2.24, 2.45) is 0 Å². The highest BCUT2D eigenvalue weighted by molar-refractivity contribution is 5.42. The van der Waals surface area contributed by atoms with Gasteiger partial charge < -0.3 is 14.2 Å². The average Bonchev–Trinajstić information content (AvgIpc) is 2.82. The van der Waals surface area contributed by atoms with Crippen molar-refractivity contribution < 1.29 is 14.2 Å². The number of ether oxygens (including phenoxy) is 3. The second-order valence-corrected chi connectivity index (χ2v) is 6.44. The van der Waals surface area contributed by atoms with E-state index in [1.807, 2.05) is 18.2 Å². The highest BCUT2D eigenvalue weighted by Gasteiger charge is 2.66. The fourth-order valence-electron chi connectivity index (χ4n) is 3.81. The van der Waals surface area contributed by atoms with Gasteiger partial charge in [0.15, 0.2) is 0 Å². The minimum Gasteiger partial charge on any atom is -0.375 e. The van der Waals surface area contributed by atoms with E-state index in [0.717, 1.165) is 0 Å². The van der Waals surface area contributed by atoms with Crippen LogP contribution in [0.4, 0.5) is 0 Å². The second kappa shape index (κ2) is 4.94. The van der Waals surface area contributed by atoms with E-state index in [9.17, 15) is 0 Å². The zero-order chi connectivity index (χ0) is 15.3.